The van der Waals surface area contributed by atoms with Crippen molar-refractivity contribution in [1.82, 2.24) is 4.72 Å². The van der Waals surface area contributed by atoms with Crippen molar-refractivity contribution in [3.05, 3.63) is 23.3 Å². The summed E-state index contributed by atoms with van der Waals surface area (Å²) in [6.45, 7) is 8.80. The lowest BCUT2D eigenvalue weighted by atomic mass is 10.1. The van der Waals surface area contributed by atoms with Gasteiger partial charge < -0.3 is 10.5 Å². The van der Waals surface area contributed by atoms with Crippen LogP contribution in [0.15, 0.2) is 17.0 Å². The number of anilines is 1. The fourth-order valence-corrected chi connectivity index (χ4v) is 3.40. The standard InChI is InChI=1S/C14H24N2O3S/c1-10(2)9-19-8-7-16-20(17,18)14-11(3)5-6-13(15)12(14)4/h5-6,10,16H,7-9,15H2,1-4H3. The van der Waals surface area contributed by atoms with Gasteiger partial charge in [0.05, 0.1) is 11.5 Å². The summed E-state index contributed by atoms with van der Waals surface area (Å²) in [6.07, 6.45) is 0. The first-order valence-electron chi connectivity index (χ1n) is 6.68. The maximum atomic E-state index is 12.3. The third kappa shape index (κ3) is 4.47. The minimum absolute atomic E-state index is 0.253. The number of nitrogens with one attached hydrogen (secondary N) is 1. The van der Waals surface area contributed by atoms with Gasteiger partial charge in [0.15, 0.2) is 0 Å². The fraction of sp³-hybridized carbons (Fsp3) is 0.571. The smallest absolute Gasteiger partial charge is 0.241 e. The van der Waals surface area contributed by atoms with Crippen molar-refractivity contribution in [3.8, 4) is 0 Å². The van der Waals surface area contributed by atoms with Crippen molar-refractivity contribution in [2.75, 3.05) is 25.5 Å². The molecule has 114 valence electrons. The van der Waals surface area contributed by atoms with Crippen molar-refractivity contribution in [3.63, 3.8) is 0 Å². The molecule has 3 N–H and O–H groups in total. The number of sulfonamides is 1. The highest BCUT2D eigenvalue weighted by Gasteiger charge is 2.20. The maximum absolute atomic E-state index is 12.3. The third-order valence-corrected chi connectivity index (χ3v) is 4.65. The summed E-state index contributed by atoms with van der Waals surface area (Å²) in [5.41, 5.74) is 7.53. The van der Waals surface area contributed by atoms with Crippen molar-refractivity contribution in [2.45, 2.75) is 32.6 Å². The predicted molar refractivity (Wildman–Crippen MR) is 81.2 cm³/mol. The van der Waals surface area contributed by atoms with Crippen molar-refractivity contribution < 1.29 is 13.2 Å². The van der Waals surface area contributed by atoms with Gasteiger partial charge in [0.25, 0.3) is 0 Å². The molecule has 0 bridgehead atoms. The second kappa shape index (κ2) is 7.06. The van der Waals surface area contributed by atoms with E-state index in [0.717, 1.165) is 0 Å². The van der Waals surface area contributed by atoms with Gasteiger partial charge in [0.1, 0.15) is 0 Å². The molecule has 0 heterocycles. The Morgan fingerprint density at radius 2 is 1.95 bits per heavy atom. The fourth-order valence-electron chi connectivity index (χ4n) is 1.90. The van der Waals surface area contributed by atoms with Crippen LogP contribution in [0.25, 0.3) is 0 Å². The maximum Gasteiger partial charge on any atom is 0.241 e. The largest absolute Gasteiger partial charge is 0.398 e. The Hall–Kier alpha value is -1.11. The molecule has 0 spiro atoms. The van der Waals surface area contributed by atoms with E-state index in [9.17, 15) is 8.42 Å². The van der Waals surface area contributed by atoms with Crippen molar-refractivity contribution in [1.29, 1.82) is 0 Å². The number of rotatable bonds is 7. The van der Waals surface area contributed by atoms with Gasteiger partial charge in [-0.1, -0.05) is 19.9 Å². The highest BCUT2D eigenvalue weighted by Crippen LogP contribution is 2.24. The summed E-state index contributed by atoms with van der Waals surface area (Å²) in [7, 11) is -3.55. The number of ether oxygens (including phenoxy) is 1. The number of aryl methyl sites for hydroxylation is 1. The van der Waals surface area contributed by atoms with E-state index >= 15 is 0 Å². The van der Waals surface area contributed by atoms with Crippen LogP contribution in [0.1, 0.15) is 25.0 Å². The molecule has 0 fully saturated rings. The van der Waals surface area contributed by atoms with E-state index in [4.69, 9.17) is 10.5 Å². The van der Waals surface area contributed by atoms with Gasteiger partial charge in [0.2, 0.25) is 10.0 Å². The van der Waals surface area contributed by atoms with Crippen molar-refractivity contribution >= 4 is 15.7 Å². The SMILES string of the molecule is Cc1ccc(N)c(C)c1S(=O)(=O)NCCOCC(C)C. The van der Waals surface area contributed by atoms with Crippen LogP contribution in [0, 0.1) is 19.8 Å². The van der Waals surface area contributed by atoms with Crippen LogP contribution < -0.4 is 10.5 Å². The normalized spacial score (nSPS) is 12.1. The minimum atomic E-state index is -3.55. The van der Waals surface area contributed by atoms with Crippen LogP contribution in [-0.2, 0) is 14.8 Å². The van der Waals surface area contributed by atoms with E-state index in [1.165, 1.54) is 0 Å². The van der Waals surface area contributed by atoms with E-state index in [0.29, 0.717) is 35.9 Å². The second-order valence-electron chi connectivity index (χ2n) is 5.29. The number of benzene rings is 1. The molecule has 5 nitrogen and oxygen atoms in total. The molecule has 0 atom stereocenters. The van der Waals surface area contributed by atoms with Gasteiger partial charge in [-0.25, -0.2) is 13.1 Å². The van der Waals surface area contributed by atoms with E-state index in [1.54, 1.807) is 26.0 Å². The number of nitrogens with two attached hydrogens (primary N) is 1. The zero-order chi connectivity index (χ0) is 15.3. The van der Waals surface area contributed by atoms with Crippen LogP contribution in [0.3, 0.4) is 0 Å². The lowest BCUT2D eigenvalue weighted by molar-refractivity contribution is 0.114. The third-order valence-electron chi connectivity index (χ3n) is 2.90. The molecule has 6 heteroatoms. The molecule has 0 amide bonds. The van der Waals surface area contributed by atoms with Gasteiger partial charge in [0, 0.05) is 18.8 Å². The number of hydrogen-bond acceptors (Lipinski definition) is 4. The van der Waals surface area contributed by atoms with Gasteiger partial charge in [-0.15, -0.1) is 0 Å². The lowest BCUT2D eigenvalue weighted by Crippen LogP contribution is -2.29. The summed E-state index contributed by atoms with van der Waals surface area (Å²) in [5.74, 6) is 0.435. The molecular weight excluding hydrogens is 276 g/mol. The van der Waals surface area contributed by atoms with Gasteiger partial charge in [-0.2, -0.15) is 0 Å². The van der Waals surface area contributed by atoms with E-state index < -0.39 is 10.0 Å². The molecule has 0 saturated heterocycles. The molecule has 20 heavy (non-hydrogen) atoms. The quantitative estimate of drug-likeness (QED) is 0.594. The molecule has 0 aromatic heterocycles. The molecular formula is C14H24N2O3S. The first-order valence-corrected chi connectivity index (χ1v) is 8.17. The molecule has 1 aromatic rings. The van der Waals surface area contributed by atoms with Crippen LogP contribution >= 0.6 is 0 Å². The summed E-state index contributed by atoms with van der Waals surface area (Å²) in [6, 6.07) is 3.43. The van der Waals surface area contributed by atoms with Crippen LogP contribution in [-0.4, -0.2) is 28.2 Å². The van der Waals surface area contributed by atoms with Crippen LogP contribution in [0.2, 0.25) is 0 Å². The average molecular weight is 300 g/mol. The van der Waals surface area contributed by atoms with Crippen LogP contribution in [0.5, 0.6) is 0 Å². The summed E-state index contributed by atoms with van der Waals surface area (Å²) < 4.78 is 32.5. The number of nitrogen functional groups attached to an aromatic ring is 1. The minimum Gasteiger partial charge on any atom is -0.398 e. The Morgan fingerprint density at radius 3 is 2.55 bits per heavy atom. The Kier molecular flexibility index (Phi) is 5.98. The van der Waals surface area contributed by atoms with Crippen molar-refractivity contribution in [2.24, 2.45) is 5.92 Å². The Morgan fingerprint density at radius 1 is 1.30 bits per heavy atom. The molecule has 0 unspecified atom stereocenters. The first kappa shape index (κ1) is 16.9. The number of hydrogen-bond donors (Lipinski definition) is 2. The molecule has 1 aromatic carbocycles. The summed E-state index contributed by atoms with van der Waals surface area (Å²) >= 11 is 0. The van der Waals surface area contributed by atoms with Gasteiger partial charge in [-0.3, -0.25) is 0 Å². The zero-order valence-electron chi connectivity index (χ0n) is 12.6. The Balaban J connectivity index is 2.73. The topological polar surface area (TPSA) is 81.4 Å². The van der Waals surface area contributed by atoms with Gasteiger partial charge in [-0.05, 0) is 37.0 Å². The van der Waals surface area contributed by atoms with Gasteiger partial charge >= 0.3 is 0 Å². The van der Waals surface area contributed by atoms with E-state index in [2.05, 4.69) is 4.72 Å². The summed E-state index contributed by atoms with van der Waals surface area (Å²) in [4.78, 5) is 0.265. The molecule has 0 aliphatic rings. The lowest BCUT2D eigenvalue weighted by Gasteiger charge is -2.14. The first-order chi connectivity index (χ1) is 9.25. The highest BCUT2D eigenvalue weighted by atomic mass is 32.2. The monoisotopic (exact) mass is 300 g/mol. The molecule has 0 saturated carbocycles. The molecule has 1 rings (SSSR count). The zero-order valence-corrected chi connectivity index (χ0v) is 13.4. The van der Waals surface area contributed by atoms with Crippen LogP contribution in [0.4, 0.5) is 5.69 Å². The van der Waals surface area contributed by atoms with E-state index in [-0.39, 0.29) is 11.4 Å². The summed E-state index contributed by atoms with van der Waals surface area (Å²) in [5, 5.41) is 0. The average Bonchev–Trinajstić information content (AvgIpc) is 2.33. The molecule has 0 aliphatic carbocycles. The molecule has 0 aliphatic heterocycles. The predicted octanol–water partition coefficient (Wildman–Crippen LogP) is 1.84. The second-order valence-corrected chi connectivity index (χ2v) is 7.00. The van der Waals surface area contributed by atoms with E-state index in [1.807, 2.05) is 13.8 Å². The highest BCUT2D eigenvalue weighted by molar-refractivity contribution is 7.89. The Labute approximate surface area is 121 Å². The molecule has 0 radical (unpaired) electrons. The Bertz CT molecular complexity index is 554.